The number of carboxylic acids is 1. The summed E-state index contributed by atoms with van der Waals surface area (Å²) >= 11 is 0. The third-order valence-electron chi connectivity index (χ3n) is 2.66. The van der Waals surface area contributed by atoms with Gasteiger partial charge >= 0.3 is 12.0 Å². The van der Waals surface area contributed by atoms with Crippen LogP contribution in [0.4, 0.5) is 4.79 Å². The molecule has 0 saturated heterocycles. The van der Waals surface area contributed by atoms with Crippen molar-refractivity contribution in [3.63, 3.8) is 0 Å². The molecule has 0 aliphatic rings. The van der Waals surface area contributed by atoms with Crippen LogP contribution in [0.15, 0.2) is 22.8 Å². The van der Waals surface area contributed by atoms with E-state index in [1.165, 1.54) is 13.4 Å². The summed E-state index contributed by atoms with van der Waals surface area (Å²) in [5.41, 5.74) is 0. The van der Waals surface area contributed by atoms with E-state index in [2.05, 4.69) is 16.0 Å². The molecule has 9 heteroatoms. The number of rotatable bonds is 9. The van der Waals surface area contributed by atoms with Gasteiger partial charge in [0.1, 0.15) is 11.8 Å². The average molecular weight is 313 g/mol. The topological polar surface area (TPSA) is 130 Å². The van der Waals surface area contributed by atoms with Crippen LogP contribution in [0.5, 0.6) is 0 Å². The standard InChI is InChI=1S/C13H19N3O6/c1-21-6-4-10(12(18)19)16-11(17)8-15-13(20)14-7-9-3-2-5-22-9/h2-3,5,10H,4,6-8H2,1H3,(H,16,17)(H,18,19)(H2,14,15,20). The first-order valence-electron chi connectivity index (χ1n) is 6.58. The molecule has 0 aliphatic carbocycles. The van der Waals surface area contributed by atoms with Crippen LogP contribution < -0.4 is 16.0 Å². The van der Waals surface area contributed by atoms with Gasteiger partial charge in [0.15, 0.2) is 0 Å². The van der Waals surface area contributed by atoms with Crippen molar-refractivity contribution in [3.8, 4) is 0 Å². The first kappa shape index (κ1) is 17.5. The van der Waals surface area contributed by atoms with E-state index in [1.807, 2.05) is 0 Å². The molecule has 0 saturated carbocycles. The number of hydrogen-bond donors (Lipinski definition) is 4. The van der Waals surface area contributed by atoms with Gasteiger partial charge in [0, 0.05) is 20.1 Å². The fourth-order valence-electron chi connectivity index (χ4n) is 1.54. The number of carbonyl (C=O) groups excluding carboxylic acids is 2. The zero-order chi connectivity index (χ0) is 16.4. The molecular formula is C13H19N3O6. The van der Waals surface area contributed by atoms with Crippen LogP contribution in [0.25, 0.3) is 0 Å². The monoisotopic (exact) mass is 313 g/mol. The second kappa shape index (κ2) is 9.40. The van der Waals surface area contributed by atoms with E-state index in [4.69, 9.17) is 14.3 Å². The zero-order valence-corrected chi connectivity index (χ0v) is 12.1. The number of aliphatic carboxylic acids is 1. The maximum atomic E-state index is 11.6. The molecule has 1 atom stereocenters. The number of methoxy groups -OCH3 is 1. The van der Waals surface area contributed by atoms with Crippen molar-refractivity contribution in [1.29, 1.82) is 0 Å². The number of nitrogens with one attached hydrogen (secondary N) is 3. The highest BCUT2D eigenvalue weighted by atomic mass is 16.5. The number of hydrogen-bond acceptors (Lipinski definition) is 5. The van der Waals surface area contributed by atoms with Gasteiger partial charge in [0.05, 0.1) is 19.4 Å². The molecule has 1 aromatic rings. The van der Waals surface area contributed by atoms with E-state index >= 15 is 0 Å². The molecule has 1 unspecified atom stereocenters. The Hall–Kier alpha value is -2.55. The van der Waals surface area contributed by atoms with Gasteiger partial charge in [-0.25, -0.2) is 9.59 Å². The van der Waals surface area contributed by atoms with E-state index in [0.29, 0.717) is 5.76 Å². The predicted molar refractivity (Wildman–Crippen MR) is 75.0 cm³/mol. The van der Waals surface area contributed by atoms with Gasteiger partial charge in [-0.1, -0.05) is 0 Å². The van der Waals surface area contributed by atoms with E-state index < -0.39 is 23.9 Å². The minimum Gasteiger partial charge on any atom is -0.480 e. The Morgan fingerprint density at radius 1 is 1.36 bits per heavy atom. The fourth-order valence-corrected chi connectivity index (χ4v) is 1.54. The molecule has 9 nitrogen and oxygen atoms in total. The molecule has 0 fully saturated rings. The van der Waals surface area contributed by atoms with E-state index in [1.54, 1.807) is 12.1 Å². The summed E-state index contributed by atoms with van der Waals surface area (Å²) in [5.74, 6) is -1.19. The lowest BCUT2D eigenvalue weighted by molar-refractivity contribution is -0.142. The first-order valence-corrected chi connectivity index (χ1v) is 6.58. The molecule has 122 valence electrons. The molecule has 1 heterocycles. The summed E-state index contributed by atoms with van der Waals surface area (Å²) < 4.78 is 9.79. The smallest absolute Gasteiger partial charge is 0.326 e. The number of carboxylic acid groups (broad SMARTS) is 1. The van der Waals surface area contributed by atoms with Crippen LogP contribution >= 0.6 is 0 Å². The predicted octanol–water partition coefficient (Wildman–Crippen LogP) is -0.315. The molecule has 22 heavy (non-hydrogen) atoms. The van der Waals surface area contributed by atoms with Gasteiger partial charge in [0.25, 0.3) is 0 Å². The van der Waals surface area contributed by atoms with Gasteiger partial charge in [-0.15, -0.1) is 0 Å². The summed E-state index contributed by atoms with van der Waals surface area (Å²) in [7, 11) is 1.44. The second-order valence-corrected chi connectivity index (χ2v) is 4.36. The lowest BCUT2D eigenvalue weighted by atomic mass is 10.2. The van der Waals surface area contributed by atoms with Crippen molar-refractivity contribution in [3.05, 3.63) is 24.2 Å². The highest BCUT2D eigenvalue weighted by molar-refractivity contribution is 5.87. The highest BCUT2D eigenvalue weighted by Crippen LogP contribution is 1.98. The maximum Gasteiger partial charge on any atom is 0.326 e. The molecule has 1 aromatic heterocycles. The maximum absolute atomic E-state index is 11.6. The number of carbonyl (C=O) groups is 3. The van der Waals surface area contributed by atoms with Crippen LogP contribution in [0.3, 0.4) is 0 Å². The quantitative estimate of drug-likeness (QED) is 0.494. The van der Waals surface area contributed by atoms with Gasteiger partial charge in [-0.05, 0) is 12.1 Å². The third kappa shape index (κ3) is 6.75. The Morgan fingerprint density at radius 2 is 2.14 bits per heavy atom. The highest BCUT2D eigenvalue weighted by Gasteiger charge is 2.19. The van der Waals surface area contributed by atoms with Crippen LogP contribution in [-0.2, 0) is 20.9 Å². The minimum atomic E-state index is -1.16. The summed E-state index contributed by atoms with van der Waals surface area (Å²) in [5, 5.41) is 16.0. The van der Waals surface area contributed by atoms with E-state index in [9.17, 15) is 14.4 Å². The summed E-state index contributed by atoms with van der Waals surface area (Å²) in [6.07, 6.45) is 1.62. The zero-order valence-electron chi connectivity index (χ0n) is 12.1. The summed E-state index contributed by atoms with van der Waals surface area (Å²) in [6, 6.07) is 1.77. The van der Waals surface area contributed by atoms with Crippen molar-refractivity contribution < 1.29 is 28.6 Å². The Morgan fingerprint density at radius 3 is 2.73 bits per heavy atom. The largest absolute Gasteiger partial charge is 0.480 e. The van der Waals surface area contributed by atoms with Gasteiger partial charge < -0.3 is 30.2 Å². The van der Waals surface area contributed by atoms with Crippen LogP contribution in [-0.4, -0.2) is 49.3 Å². The van der Waals surface area contributed by atoms with Crippen LogP contribution in [0, 0.1) is 0 Å². The van der Waals surface area contributed by atoms with Crippen LogP contribution in [0.2, 0.25) is 0 Å². The van der Waals surface area contributed by atoms with Crippen molar-refractivity contribution >= 4 is 17.9 Å². The number of amides is 3. The Balaban J connectivity index is 2.25. The molecule has 0 aromatic carbocycles. The van der Waals surface area contributed by atoms with Crippen LogP contribution in [0.1, 0.15) is 12.2 Å². The molecule has 3 amide bonds. The van der Waals surface area contributed by atoms with Crippen molar-refractivity contribution in [2.24, 2.45) is 0 Å². The normalized spacial score (nSPS) is 11.5. The number of furan rings is 1. The van der Waals surface area contributed by atoms with Gasteiger partial charge in [-0.3, -0.25) is 4.79 Å². The Labute approximate surface area is 127 Å². The van der Waals surface area contributed by atoms with Crippen molar-refractivity contribution in [1.82, 2.24) is 16.0 Å². The van der Waals surface area contributed by atoms with E-state index in [-0.39, 0.29) is 26.1 Å². The number of ether oxygens (including phenoxy) is 1. The lowest BCUT2D eigenvalue weighted by Crippen LogP contribution is -2.47. The third-order valence-corrected chi connectivity index (χ3v) is 2.66. The Kier molecular flexibility index (Phi) is 7.48. The lowest BCUT2D eigenvalue weighted by Gasteiger charge is -2.14. The molecule has 0 spiro atoms. The SMILES string of the molecule is COCCC(NC(=O)CNC(=O)NCc1ccco1)C(=O)O. The molecule has 0 aliphatic heterocycles. The van der Waals surface area contributed by atoms with Crippen molar-refractivity contribution in [2.75, 3.05) is 20.3 Å². The minimum absolute atomic E-state index is 0.141. The van der Waals surface area contributed by atoms with Crippen molar-refractivity contribution in [2.45, 2.75) is 19.0 Å². The number of urea groups is 1. The fraction of sp³-hybridized carbons (Fsp3) is 0.462. The molecule has 4 N–H and O–H groups in total. The van der Waals surface area contributed by atoms with E-state index in [0.717, 1.165) is 0 Å². The molecular weight excluding hydrogens is 294 g/mol. The second-order valence-electron chi connectivity index (χ2n) is 4.36. The average Bonchev–Trinajstić information content (AvgIpc) is 3.00. The summed E-state index contributed by atoms with van der Waals surface area (Å²) in [4.78, 5) is 34.0. The molecule has 1 rings (SSSR count). The molecule has 0 bridgehead atoms. The Bertz CT molecular complexity index is 488. The van der Waals surface area contributed by atoms with Gasteiger partial charge in [-0.2, -0.15) is 0 Å². The first-order chi connectivity index (χ1) is 10.5. The summed E-state index contributed by atoms with van der Waals surface area (Å²) in [6.45, 7) is 0.0566. The molecule has 0 radical (unpaired) electrons. The van der Waals surface area contributed by atoms with Gasteiger partial charge in [0.2, 0.25) is 5.91 Å².